The molecule has 5 aromatic rings. The summed E-state index contributed by atoms with van der Waals surface area (Å²) in [5, 5.41) is 0.922. The summed E-state index contributed by atoms with van der Waals surface area (Å²) in [6.07, 6.45) is 0. The highest BCUT2D eigenvalue weighted by molar-refractivity contribution is 7.84. The summed E-state index contributed by atoms with van der Waals surface area (Å²) in [5.74, 6) is 0. The van der Waals surface area contributed by atoms with Crippen molar-refractivity contribution in [1.29, 1.82) is 0 Å². The molecule has 0 radical (unpaired) electrons. The number of aromatic nitrogens is 2. The molecule has 0 aliphatic heterocycles. The molecule has 30 heavy (non-hydrogen) atoms. The van der Waals surface area contributed by atoms with Crippen LogP contribution in [0.4, 0.5) is 0 Å². The molecule has 2 N–H and O–H groups in total. The lowest BCUT2D eigenvalue weighted by Gasteiger charge is -2.14. The Morgan fingerprint density at radius 1 is 0.767 bits per heavy atom. The first kappa shape index (κ1) is 18.5. The van der Waals surface area contributed by atoms with Gasteiger partial charge < -0.3 is 4.98 Å². The second-order valence-electron chi connectivity index (χ2n) is 7.44. The molecular formula is C22H16N2O5S. The Labute approximate surface area is 170 Å². The Bertz CT molecular complexity index is 1780. The SMILES string of the molecule is Cc1cc2c(=O)c3cc4[nH]c5ccccc5c(=O)c4cc3n(S(=O)(=O)O)c2cc1C. The third kappa shape index (κ3) is 2.51. The summed E-state index contributed by atoms with van der Waals surface area (Å²) in [7, 11) is -4.76. The van der Waals surface area contributed by atoms with Crippen molar-refractivity contribution in [3.05, 3.63) is 80.1 Å². The van der Waals surface area contributed by atoms with Crippen LogP contribution in [0.15, 0.2) is 58.1 Å². The van der Waals surface area contributed by atoms with Gasteiger partial charge in [0.15, 0.2) is 10.9 Å². The van der Waals surface area contributed by atoms with Gasteiger partial charge in [0, 0.05) is 27.1 Å². The van der Waals surface area contributed by atoms with Crippen LogP contribution in [0.1, 0.15) is 11.1 Å². The zero-order chi connectivity index (χ0) is 21.4. The van der Waals surface area contributed by atoms with E-state index in [1.54, 1.807) is 43.3 Å². The Morgan fingerprint density at radius 3 is 2.10 bits per heavy atom. The quantitative estimate of drug-likeness (QED) is 0.319. The number of hydrogen-bond acceptors (Lipinski definition) is 4. The molecule has 0 spiro atoms. The second kappa shape index (κ2) is 6.01. The lowest BCUT2D eigenvalue weighted by Crippen LogP contribution is -2.19. The van der Waals surface area contributed by atoms with Gasteiger partial charge in [-0.05, 0) is 61.4 Å². The van der Waals surface area contributed by atoms with Gasteiger partial charge in [-0.1, -0.05) is 12.1 Å². The van der Waals surface area contributed by atoms with E-state index in [0.717, 1.165) is 15.1 Å². The van der Waals surface area contributed by atoms with Crippen LogP contribution in [-0.4, -0.2) is 21.9 Å². The van der Waals surface area contributed by atoms with E-state index in [9.17, 15) is 22.6 Å². The van der Waals surface area contributed by atoms with Crippen LogP contribution in [0.2, 0.25) is 0 Å². The first-order chi connectivity index (χ1) is 14.2. The van der Waals surface area contributed by atoms with E-state index in [2.05, 4.69) is 4.98 Å². The highest BCUT2D eigenvalue weighted by atomic mass is 32.2. The lowest BCUT2D eigenvalue weighted by atomic mass is 10.0. The minimum Gasteiger partial charge on any atom is -0.354 e. The third-order valence-electron chi connectivity index (χ3n) is 5.59. The van der Waals surface area contributed by atoms with Gasteiger partial charge in [-0.3, -0.25) is 14.1 Å². The Hall–Kier alpha value is -3.49. The number of rotatable bonds is 1. The van der Waals surface area contributed by atoms with Crippen molar-refractivity contribution in [3.63, 3.8) is 0 Å². The number of H-pyrrole nitrogens is 1. The number of pyridine rings is 2. The summed E-state index contributed by atoms with van der Waals surface area (Å²) in [5.41, 5.74) is 1.95. The predicted molar refractivity (Wildman–Crippen MR) is 118 cm³/mol. The van der Waals surface area contributed by atoms with Crippen LogP contribution in [0.5, 0.6) is 0 Å². The molecule has 3 aromatic carbocycles. The van der Waals surface area contributed by atoms with Gasteiger partial charge in [-0.15, -0.1) is 0 Å². The first-order valence-corrected chi connectivity index (χ1v) is 10.6. The maximum absolute atomic E-state index is 13.2. The summed E-state index contributed by atoms with van der Waals surface area (Å²) in [6.45, 7) is 3.61. The monoisotopic (exact) mass is 420 g/mol. The van der Waals surface area contributed by atoms with Crippen molar-refractivity contribution in [2.24, 2.45) is 0 Å². The number of hydrogen-bond donors (Lipinski definition) is 2. The van der Waals surface area contributed by atoms with Crippen LogP contribution < -0.4 is 10.9 Å². The van der Waals surface area contributed by atoms with Gasteiger partial charge in [0.05, 0.1) is 16.6 Å². The van der Waals surface area contributed by atoms with Crippen molar-refractivity contribution in [2.75, 3.05) is 0 Å². The molecule has 8 heteroatoms. The van der Waals surface area contributed by atoms with Crippen molar-refractivity contribution in [3.8, 4) is 0 Å². The predicted octanol–water partition coefficient (Wildman–Crippen LogP) is 3.42. The summed E-state index contributed by atoms with van der Waals surface area (Å²) < 4.78 is 35.4. The fourth-order valence-electron chi connectivity index (χ4n) is 3.98. The van der Waals surface area contributed by atoms with Crippen LogP contribution in [0.3, 0.4) is 0 Å². The van der Waals surface area contributed by atoms with Gasteiger partial charge in [0.1, 0.15) is 0 Å². The average Bonchev–Trinajstić information content (AvgIpc) is 2.68. The third-order valence-corrected chi connectivity index (χ3v) is 6.45. The Balaban J connectivity index is 2.13. The molecule has 0 unspecified atom stereocenters. The fourth-order valence-corrected chi connectivity index (χ4v) is 4.78. The summed E-state index contributed by atoms with van der Waals surface area (Å²) >= 11 is 0. The maximum atomic E-state index is 13.2. The van der Waals surface area contributed by atoms with Gasteiger partial charge in [-0.2, -0.15) is 8.42 Å². The van der Waals surface area contributed by atoms with E-state index < -0.39 is 10.3 Å². The number of aryl methyl sites for hydroxylation is 2. The summed E-state index contributed by atoms with van der Waals surface area (Å²) in [4.78, 5) is 29.4. The normalized spacial score (nSPS) is 12.4. The average molecular weight is 420 g/mol. The molecule has 7 nitrogen and oxygen atoms in total. The number of nitrogens with zero attached hydrogens (tertiary/aromatic N) is 1. The zero-order valence-corrected chi connectivity index (χ0v) is 16.9. The molecule has 2 aromatic heterocycles. The van der Waals surface area contributed by atoms with Crippen molar-refractivity contribution in [1.82, 2.24) is 8.96 Å². The van der Waals surface area contributed by atoms with Crippen LogP contribution in [0, 0.1) is 13.8 Å². The molecule has 5 rings (SSSR count). The Kier molecular flexibility index (Phi) is 3.71. The highest BCUT2D eigenvalue weighted by Gasteiger charge is 2.21. The smallest absolute Gasteiger partial charge is 0.354 e. The van der Waals surface area contributed by atoms with Crippen molar-refractivity contribution >= 4 is 53.9 Å². The van der Waals surface area contributed by atoms with E-state index in [4.69, 9.17) is 0 Å². The van der Waals surface area contributed by atoms with Crippen LogP contribution in [0.25, 0.3) is 43.6 Å². The maximum Gasteiger partial charge on any atom is 0.364 e. The molecule has 0 bridgehead atoms. The zero-order valence-electron chi connectivity index (χ0n) is 16.1. The van der Waals surface area contributed by atoms with E-state index in [0.29, 0.717) is 16.4 Å². The standard InChI is InChI=1S/C22H16N2O5S/c1-11-7-15-19(8-12(11)2)24(30(27,28)29)20-10-14-18(9-16(20)22(15)26)23-17-6-4-3-5-13(17)21(14)25/h3-10H,1-2H3,(H,23,25)(H,27,28,29). The minimum atomic E-state index is -4.76. The summed E-state index contributed by atoms with van der Waals surface area (Å²) in [6, 6.07) is 12.9. The number of para-hydroxylation sites is 1. The van der Waals surface area contributed by atoms with E-state index >= 15 is 0 Å². The topological polar surface area (TPSA) is 109 Å². The van der Waals surface area contributed by atoms with Gasteiger partial charge in [-0.25, -0.2) is 3.97 Å². The lowest BCUT2D eigenvalue weighted by molar-refractivity contribution is 0.476. The molecule has 0 aliphatic rings. The molecular weight excluding hydrogens is 404 g/mol. The largest absolute Gasteiger partial charge is 0.364 e. The van der Waals surface area contributed by atoms with Gasteiger partial charge >= 0.3 is 10.3 Å². The second-order valence-corrected chi connectivity index (χ2v) is 8.70. The molecule has 0 saturated carbocycles. The van der Waals surface area contributed by atoms with Crippen molar-refractivity contribution < 1.29 is 13.0 Å². The molecule has 0 atom stereocenters. The van der Waals surface area contributed by atoms with E-state index in [1.807, 2.05) is 6.92 Å². The molecule has 0 saturated heterocycles. The minimum absolute atomic E-state index is 0.0495. The van der Waals surface area contributed by atoms with Crippen LogP contribution >= 0.6 is 0 Å². The van der Waals surface area contributed by atoms with E-state index in [-0.39, 0.29) is 38.0 Å². The van der Waals surface area contributed by atoms with Gasteiger partial charge in [0.2, 0.25) is 0 Å². The number of aromatic amines is 1. The number of benzene rings is 3. The van der Waals surface area contributed by atoms with Crippen molar-refractivity contribution in [2.45, 2.75) is 13.8 Å². The molecule has 150 valence electrons. The molecule has 0 fully saturated rings. The van der Waals surface area contributed by atoms with E-state index in [1.165, 1.54) is 12.1 Å². The van der Waals surface area contributed by atoms with Crippen LogP contribution in [-0.2, 0) is 10.3 Å². The fraction of sp³-hybridized carbons (Fsp3) is 0.0909. The molecule has 2 heterocycles. The van der Waals surface area contributed by atoms with Gasteiger partial charge in [0.25, 0.3) is 0 Å². The highest BCUT2D eigenvalue weighted by Crippen LogP contribution is 2.27. The first-order valence-electron chi connectivity index (χ1n) is 9.19. The molecule has 0 amide bonds. The molecule has 0 aliphatic carbocycles. The number of nitrogens with one attached hydrogen (secondary N) is 1. The number of fused-ring (bicyclic) bond motifs is 4. The Morgan fingerprint density at radius 2 is 1.37 bits per heavy atom.